The summed E-state index contributed by atoms with van der Waals surface area (Å²) in [6, 6.07) is 5.51. The molecule has 0 spiro atoms. The summed E-state index contributed by atoms with van der Waals surface area (Å²) in [5.41, 5.74) is 1.59. The van der Waals surface area contributed by atoms with Crippen molar-refractivity contribution in [2.75, 3.05) is 26.7 Å². The Labute approximate surface area is 144 Å². The quantitative estimate of drug-likeness (QED) is 0.805. The average molecular weight is 353 g/mol. The molecule has 1 aliphatic rings. The smallest absolute Gasteiger partial charge is 0.240 e. The predicted molar refractivity (Wildman–Crippen MR) is 94.4 cm³/mol. The van der Waals surface area contributed by atoms with Gasteiger partial charge in [-0.05, 0) is 64.0 Å². The number of piperidine rings is 1. The van der Waals surface area contributed by atoms with E-state index in [1.807, 2.05) is 13.0 Å². The minimum Gasteiger partial charge on any atom is -0.353 e. The molecule has 0 saturated carbocycles. The summed E-state index contributed by atoms with van der Waals surface area (Å²) < 4.78 is 27.3. The number of likely N-dealkylation sites (tertiary alicyclic amines) is 1. The lowest BCUT2D eigenvalue weighted by Crippen LogP contribution is -2.44. The van der Waals surface area contributed by atoms with Crippen molar-refractivity contribution in [1.29, 1.82) is 0 Å². The van der Waals surface area contributed by atoms with Crippen molar-refractivity contribution < 1.29 is 13.2 Å². The van der Waals surface area contributed by atoms with Crippen molar-refractivity contribution in [1.82, 2.24) is 14.9 Å². The van der Waals surface area contributed by atoms with Gasteiger partial charge in [0.25, 0.3) is 0 Å². The molecule has 134 valence electrons. The predicted octanol–water partition coefficient (Wildman–Crippen LogP) is 1.18. The molecule has 24 heavy (non-hydrogen) atoms. The van der Waals surface area contributed by atoms with Gasteiger partial charge in [-0.1, -0.05) is 12.1 Å². The Morgan fingerprint density at radius 2 is 1.92 bits per heavy atom. The summed E-state index contributed by atoms with van der Waals surface area (Å²) >= 11 is 0. The molecule has 0 bridgehead atoms. The highest BCUT2D eigenvalue weighted by Gasteiger charge is 2.20. The van der Waals surface area contributed by atoms with Gasteiger partial charge in [0.05, 0.1) is 4.90 Å². The fourth-order valence-corrected chi connectivity index (χ4v) is 4.19. The first kappa shape index (κ1) is 18.9. The van der Waals surface area contributed by atoms with Crippen LogP contribution < -0.4 is 10.0 Å². The van der Waals surface area contributed by atoms with Crippen LogP contribution in [0.5, 0.6) is 0 Å². The normalized spacial score (nSPS) is 17.0. The molecular formula is C17H27N3O3S. The van der Waals surface area contributed by atoms with Gasteiger partial charge in [-0.3, -0.25) is 4.79 Å². The Kier molecular flexibility index (Phi) is 6.37. The van der Waals surface area contributed by atoms with Crippen molar-refractivity contribution in [3.05, 3.63) is 29.3 Å². The van der Waals surface area contributed by atoms with Gasteiger partial charge in [0.2, 0.25) is 15.9 Å². The zero-order valence-corrected chi connectivity index (χ0v) is 15.4. The van der Waals surface area contributed by atoms with Crippen molar-refractivity contribution in [2.24, 2.45) is 0 Å². The molecule has 1 amide bonds. The fraction of sp³-hybridized carbons (Fsp3) is 0.588. The Bertz CT molecular complexity index is 680. The molecule has 1 aromatic carbocycles. The molecule has 2 rings (SSSR count). The van der Waals surface area contributed by atoms with Gasteiger partial charge >= 0.3 is 0 Å². The molecule has 1 aromatic rings. The van der Waals surface area contributed by atoms with Crippen LogP contribution >= 0.6 is 0 Å². The Morgan fingerprint density at radius 3 is 2.58 bits per heavy atom. The monoisotopic (exact) mass is 353 g/mol. The maximum absolute atomic E-state index is 12.4. The van der Waals surface area contributed by atoms with Crippen LogP contribution in [0.25, 0.3) is 0 Å². The lowest BCUT2D eigenvalue weighted by Gasteiger charge is -2.29. The highest BCUT2D eigenvalue weighted by molar-refractivity contribution is 7.89. The first-order chi connectivity index (χ1) is 11.3. The number of amides is 1. The van der Waals surface area contributed by atoms with E-state index in [2.05, 4.69) is 22.0 Å². The van der Waals surface area contributed by atoms with Crippen LogP contribution in [0, 0.1) is 13.8 Å². The average Bonchev–Trinajstić information content (AvgIpc) is 2.51. The number of rotatable bonds is 6. The standard InChI is InChI=1S/C17H27N3O3S/c1-13-4-5-14(2)16(12-13)24(22,23)18-9-6-17(21)19-15-7-10-20(3)11-8-15/h4-5,12,15,18H,6-11H2,1-3H3,(H,19,21). The lowest BCUT2D eigenvalue weighted by atomic mass is 10.1. The summed E-state index contributed by atoms with van der Waals surface area (Å²) in [5.74, 6) is -0.104. The number of nitrogens with zero attached hydrogens (tertiary/aromatic N) is 1. The van der Waals surface area contributed by atoms with Crippen LogP contribution in [0.4, 0.5) is 0 Å². The van der Waals surface area contributed by atoms with E-state index in [-0.39, 0.29) is 29.8 Å². The van der Waals surface area contributed by atoms with Crippen molar-refractivity contribution in [3.8, 4) is 0 Å². The molecule has 0 unspecified atom stereocenters. The second-order valence-electron chi connectivity index (χ2n) is 6.56. The zero-order valence-electron chi connectivity index (χ0n) is 14.6. The van der Waals surface area contributed by atoms with E-state index in [4.69, 9.17) is 0 Å². The molecule has 1 saturated heterocycles. The second kappa shape index (κ2) is 8.09. The van der Waals surface area contributed by atoms with Crippen LogP contribution in [-0.2, 0) is 14.8 Å². The zero-order chi connectivity index (χ0) is 17.7. The number of carbonyl (C=O) groups excluding carboxylic acids is 1. The summed E-state index contributed by atoms with van der Waals surface area (Å²) in [5, 5.41) is 2.99. The second-order valence-corrected chi connectivity index (χ2v) is 8.30. The van der Waals surface area contributed by atoms with Gasteiger partial charge in [-0.15, -0.1) is 0 Å². The van der Waals surface area contributed by atoms with Gasteiger partial charge in [0, 0.05) is 19.0 Å². The van der Waals surface area contributed by atoms with E-state index < -0.39 is 10.0 Å². The van der Waals surface area contributed by atoms with Crippen LogP contribution in [0.3, 0.4) is 0 Å². The molecule has 6 nitrogen and oxygen atoms in total. The number of carbonyl (C=O) groups is 1. The summed E-state index contributed by atoms with van der Waals surface area (Å²) in [4.78, 5) is 14.5. The van der Waals surface area contributed by atoms with E-state index in [1.54, 1.807) is 19.1 Å². The number of benzene rings is 1. The third-order valence-electron chi connectivity index (χ3n) is 4.36. The first-order valence-electron chi connectivity index (χ1n) is 8.33. The summed E-state index contributed by atoms with van der Waals surface area (Å²) in [6.07, 6.45) is 2.03. The van der Waals surface area contributed by atoms with Gasteiger partial charge in [0.1, 0.15) is 0 Å². The maximum atomic E-state index is 12.4. The molecule has 1 fully saturated rings. The van der Waals surface area contributed by atoms with E-state index in [9.17, 15) is 13.2 Å². The van der Waals surface area contributed by atoms with Crippen molar-refractivity contribution >= 4 is 15.9 Å². The molecule has 1 heterocycles. The van der Waals surface area contributed by atoms with E-state index >= 15 is 0 Å². The molecule has 2 N–H and O–H groups in total. The van der Waals surface area contributed by atoms with Crippen LogP contribution in [0.1, 0.15) is 30.4 Å². The van der Waals surface area contributed by atoms with E-state index in [1.165, 1.54) is 0 Å². The third-order valence-corrected chi connectivity index (χ3v) is 5.96. The topological polar surface area (TPSA) is 78.5 Å². The number of nitrogens with one attached hydrogen (secondary N) is 2. The number of hydrogen-bond acceptors (Lipinski definition) is 4. The minimum absolute atomic E-state index is 0.104. The van der Waals surface area contributed by atoms with E-state index in [0.29, 0.717) is 5.56 Å². The number of aryl methyl sites for hydroxylation is 2. The molecule has 0 aliphatic carbocycles. The SMILES string of the molecule is Cc1ccc(C)c(S(=O)(=O)NCCC(=O)NC2CCN(C)CC2)c1. The number of sulfonamides is 1. The van der Waals surface area contributed by atoms with Gasteiger partial charge in [-0.25, -0.2) is 13.1 Å². The molecule has 0 atom stereocenters. The molecular weight excluding hydrogens is 326 g/mol. The fourth-order valence-electron chi connectivity index (χ4n) is 2.83. The Morgan fingerprint density at radius 1 is 1.25 bits per heavy atom. The first-order valence-corrected chi connectivity index (χ1v) is 9.81. The molecule has 0 aromatic heterocycles. The van der Waals surface area contributed by atoms with Crippen LogP contribution in [0.2, 0.25) is 0 Å². The molecule has 0 radical (unpaired) electrons. The van der Waals surface area contributed by atoms with Gasteiger partial charge in [0.15, 0.2) is 0 Å². The summed E-state index contributed by atoms with van der Waals surface area (Å²) in [7, 11) is -1.52. The van der Waals surface area contributed by atoms with Crippen molar-refractivity contribution in [3.63, 3.8) is 0 Å². The third kappa shape index (κ3) is 5.29. The minimum atomic E-state index is -3.59. The largest absolute Gasteiger partial charge is 0.353 e. The van der Waals surface area contributed by atoms with Gasteiger partial charge < -0.3 is 10.2 Å². The summed E-state index contributed by atoms with van der Waals surface area (Å²) in [6.45, 7) is 5.68. The lowest BCUT2D eigenvalue weighted by molar-refractivity contribution is -0.121. The van der Waals surface area contributed by atoms with Crippen LogP contribution in [-0.4, -0.2) is 51.9 Å². The van der Waals surface area contributed by atoms with E-state index in [0.717, 1.165) is 31.5 Å². The van der Waals surface area contributed by atoms with Gasteiger partial charge in [-0.2, -0.15) is 0 Å². The van der Waals surface area contributed by atoms with Crippen LogP contribution in [0.15, 0.2) is 23.1 Å². The highest BCUT2D eigenvalue weighted by atomic mass is 32.2. The molecule has 7 heteroatoms. The Balaban J connectivity index is 1.82. The maximum Gasteiger partial charge on any atom is 0.240 e. The highest BCUT2D eigenvalue weighted by Crippen LogP contribution is 2.16. The number of hydrogen-bond donors (Lipinski definition) is 2. The van der Waals surface area contributed by atoms with Crippen molar-refractivity contribution in [2.45, 2.75) is 44.0 Å². The Hall–Kier alpha value is -1.44. The molecule has 1 aliphatic heterocycles.